The van der Waals surface area contributed by atoms with Gasteiger partial charge in [0.05, 0.1) is 13.2 Å². The first-order chi connectivity index (χ1) is 16.1. The fourth-order valence-corrected chi connectivity index (χ4v) is 5.17. The summed E-state index contributed by atoms with van der Waals surface area (Å²) in [5.41, 5.74) is 2.15. The minimum Gasteiger partial charge on any atom is -0.496 e. The van der Waals surface area contributed by atoms with E-state index >= 15 is 0 Å². The number of methoxy groups -OCH3 is 1. The molecular weight excluding hydrogens is 436 g/mol. The molecule has 1 aliphatic carbocycles. The van der Waals surface area contributed by atoms with Crippen molar-refractivity contribution in [1.82, 2.24) is 10.2 Å². The predicted octanol–water partition coefficient (Wildman–Crippen LogP) is 6.50. The van der Waals surface area contributed by atoms with E-state index in [2.05, 4.69) is 24.4 Å². The van der Waals surface area contributed by atoms with E-state index in [1.165, 1.54) is 0 Å². The quantitative estimate of drug-likeness (QED) is 0.454. The number of halogens is 1. The second kappa shape index (κ2) is 11.3. The molecular formula is C27H35ClN2O3. The van der Waals surface area contributed by atoms with E-state index in [4.69, 9.17) is 21.1 Å². The van der Waals surface area contributed by atoms with Crippen molar-refractivity contribution in [3.8, 4) is 5.75 Å². The number of nitrogens with one attached hydrogen (secondary N) is 1. The number of amides is 1. The number of hydrogen-bond donors (Lipinski definition) is 1. The second-order valence-electron chi connectivity index (χ2n) is 9.17. The molecule has 5 nitrogen and oxygen atoms in total. The third-order valence-corrected chi connectivity index (χ3v) is 7.19. The first kappa shape index (κ1) is 23.9. The first-order valence-corrected chi connectivity index (χ1v) is 12.6. The molecule has 2 aliphatic rings. The van der Waals surface area contributed by atoms with Crippen molar-refractivity contribution >= 4 is 17.7 Å². The lowest BCUT2D eigenvalue weighted by Gasteiger charge is -2.34. The van der Waals surface area contributed by atoms with Crippen molar-refractivity contribution < 1.29 is 14.3 Å². The molecule has 1 saturated heterocycles. The summed E-state index contributed by atoms with van der Waals surface area (Å²) in [5, 5.41) is 4.42. The van der Waals surface area contributed by atoms with Gasteiger partial charge in [0.15, 0.2) is 0 Å². The molecule has 178 valence electrons. The van der Waals surface area contributed by atoms with E-state index in [0.29, 0.717) is 11.6 Å². The summed E-state index contributed by atoms with van der Waals surface area (Å²) in [7, 11) is 1.67. The topological polar surface area (TPSA) is 50.8 Å². The van der Waals surface area contributed by atoms with Crippen LogP contribution < -0.4 is 10.1 Å². The molecule has 33 heavy (non-hydrogen) atoms. The Morgan fingerprint density at radius 1 is 1.18 bits per heavy atom. The molecule has 4 rings (SSSR count). The van der Waals surface area contributed by atoms with Gasteiger partial charge in [-0.1, -0.05) is 61.7 Å². The third kappa shape index (κ3) is 5.64. The average Bonchev–Trinajstić information content (AvgIpc) is 3.17. The van der Waals surface area contributed by atoms with Gasteiger partial charge in [0.1, 0.15) is 11.9 Å². The average molecular weight is 471 g/mol. The van der Waals surface area contributed by atoms with E-state index < -0.39 is 0 Å². The zero-order chi connectivity index (χ0) is 23.2. The van der Waals surface area contributed by atoms with Gasteiger partial charge in [-0.2, -0.15) is 0 Å². The normalized spacial score (nSPS) is 22.8. The van der Waals surface area contributed by atoms with Crippen molar-refractivity contribution in [2.75, 3.05) is 7.11 Å². The van der Waals surface area contributed by atoms with E-state index in [-0.39, 0.29) is 30.3 Å². The van der Waals surface area contributed by atoms with Crippen LogP contribution in [0.5, 0.6) is 5.75 Å². The van der Waals surface area contributed by atoms with E-state index in [9.17, 15) is 4.79 Å². The molecule has 1 saturated carbocycles. The highest BCUT2D eigenvalue weighted by molar-refractivity contribution is 6.30. The third-order valence-electron chi connectivity index (χ3n) is 6.96. The molecule has 1 amide bonds. The van der Waals surface area contributed by atoms with Crippen LogP contribution in [0.1, 0.15) is 69.0 Å². The Labute approximate surface area is 202 Å². The van der Waals surface area contributed by atoms with Crippen LogP contribution in [0, 0.1) is 0 Å². The number of hydrogen-bond acceptors (Lipinski definition) is 4. The zero-order valence-electron chi connectivity index (χ0n) is 19.6. The van der Waals surface area contributed by atoms with Gasteiger partial charge >= 0.3 is 6.09 Å². The second-order valence-corrected chi connectivity index (χ2v) is 9.61. The van der Waals surface area contributed by atoms with Gasteiger partial charge in [-0.15, -0.1) is 0 Å². The molecule has 3 unspecified atom stereocenters. The Kier molecular flexibility index (Phi) is 8.15. The first-order valence-electron chi connectivity index (χ1n) is 12.2. The lowest BCUT2D eigenvalue weighted by molar-refractivity contribution is 0.0149. The van der Waals surface area contributed by atoms with Crippen LogP contribution in [-0.2, 0) is 11.3 Å². The molecule has 2 aromatic rings. The molecule has 6 heteroatoms. The molecule has 0 aromatic heterocycles. The molecule has 1 N–H and O–H groups in total. The summed E-state index contributed by atoms with van der Waals surface area (Å²) < 4.78 is 11.5. The van der Waals surface area contributed by atoms with Gasteiger partial charge in [-0.3, -0.25) is 4.90 Å². The van der Waals surface area contributed by atoms with E-state index in [1.54, 1.807) is 7.11 Å². The molecule has 2 aromatic carbocycles. The van der Waals surface area contributed by atoms with Crippen LogP contribution in [-0.4, -0.2) is 36.3 Å². The lowest BCUT2D eigenvalue weighted by Crippen LogP contribution is -2.43. The summed E-state index contributed by atoms with van der Waals surface area (Å²) in [6.45, 7) is 2.81. The summed E-state index contributed by atoms with van der Waals surface area (Å²) in [4.78, 5) is 15.4. The van der Waals surface area contributed by atoms with Crippen molar-refractivity contribution in [3.05, 3.63) is 64.7 Å². The van der Waals surface area contributed by atoms with Crippen LogP contribution in [0.15, 0.2) is 48.5 Å². The van der Waals surface area contributed by atoms with Crippen molar-refractivity contribution in [1.29, 1.82) is 0 Å². The number of benzene rings is 2. The molecule has 1 aliphatic heterocycles. The maximum Gasteiger partial charge on any atom is 0.410 e. The number of carbonyl (C=O) groups excluding carboxylic acids is 1. The highest BCUT2D eigenvalue weighted by Crippen LogP contribution is 2.40. The van der Waals surface area contributed by atoms with Crippen molar-refractivity contribution in [3.63, 3.8) is 0 Å². The largest absolute Gasteiger partial charge is 0.496 e. The minimum atomic E-state index is -0.167. The smallest absolute Gasteiger partial charge is 0.410 e. The summed E-state index contributed by atoms with van der Waals surface area (Å²) in [6.07, 6.45) is 7.08. The van der Waals surface area contributed by atoms with Gasteiger partial charge in [0, 0.05) is 29.2 Å². The number of unbranched alkanes of at least 4 members (excludes halogenated alkanes) is 1. The molecule has 1 heterocycles. The maximum absolute atomic E-state index is 13.4. The Hall–Kier alpha value is -2.24. The number of nitrogens with zero attached hydrogens (tertiary/aromatic N) is 1. The van der Waals surface area contributed by atoms with Crippen molar-refractivity contribution in [2.45, 2.75) is 82.6 Å². The number of rotatable bonds is 9. The van der Waals surface area contributed by atoms with Gasteiger partial charge in [0.2, 0.25) is 0 Å². The maximum atomic E-state index is 13.4. The number of likely N-dealkylation sites (tertiary alicyclic amines) is 1. The molecule has 0 spiro atoms. The minimum absolute atomic E-state index is 0.0727. The van der Waals surface area contributed by atoms with Gasteiger partial charge in [0.25, 0.3) is 0 Å². The van der Waals surface area contributed by atoms with Gasteiger partial charge < -0.3 is 14.8 Å². The summed E-state index contributed by atoms with van der Waals surface area (Å²) in [5.74, 6) is 0.810. The highest BCUT2D eigenvalue weighted by atomic mass is 35.5. The molecule has 0 bridgehead atoms. The molecule has 2 fully saturated rings. The predicted molar refractivity (Wildman–Crippen MR) is 132 cm³/mol. The van der Waals surface area contributed by atoms with Gasteiger partial charge in [-0.05, 0) is 55.9 Å². The summed E-state index contributed by atoms with van der Waals surface area (Å²) in [6, 6.07) is 16.2. The van der Waals surface area contributed by atoms with E-state index in [0.717, 1.165) is 61.8 Å². The highest BCUT2D eigenvalue weighted by Gasteiger charge is 2.45. The van der Waals surface area contributed by atoms with Crippen LogP contribution >= 0.6 is 11.6 Å². The van der Waals surface area contributed by atoms with Crippen LogP contribution in [0.25, 0.3) is 0 Å². The van der Waals surface area contributed by atoms with Crippen LogP contribution in [0.3, 0.4) is 0 Å². The Morgan fingerprint density at radius 3 is 2.64 bits per heavy atom. The SMILES string of the molecule is CCCCC1CC(NCc2cc(Cl)ccc2OC)C(c2ccccc2)N1C(=O)OC1CCC1. The fourth-order valence-electron chi connectivity index (χ4n) is 4.97. The molecule has 0 radical (unpaired) electrons. The van der Waals surface area contributed by atoms with E-state index in [1.807, 2.05) is 41.3 Å². The Balaban J connectivity index is 1.60. The monoisotopic (exact) mass is 470 g/mol. The van der Waals surface area contributed by atoms with Crippen LogP contribution in [0.4, 0.5) is 4.79 Å². The number of ether oxygens (including phenoxy) is 2. The summed E-state index contributed by atoms with van der Waals surface area (Å²) >= 11 is 6.25. The number of carbonyl (C=O) groups is 1. The standard InChI is InChI=1S/C27H35ClN2O3/c1-3-4-11-22-17-24(29-18-20-16-21(28)14-15-25(20)32-2)26(19-9-6-5-7-10-19)30(22)27(31)33-23-12-8-13-23/h5-7,9-10,14-16,22-24,26,29H,3-4,8,11-13,17-18H2,1-2H3. The van der Waals surface area contributed by atoms with Gasteiger partial charge in [-0.25, -0.2) is 4.79 Å². The lowest BCUT2D eigenvalue weighted by atomic mass is 9.96. The van der Waals surface area contributed by atoms with Crippen LogP contribution in [0.2, 0.25) is 5.02 Å². The Bertz CT molecular complexity index is 919. The fraction of sp³-hybridized carbons (Fsp3) is 0.519. The Morgan fingerprint density at radius 2 is 1.97 bits per heavy atom. The molecule has 3 atom stereocenters. The zero-order valence-corrected chi connectivity index (χ0v) is 20.4. The van der Waals surface area contributed by atoms with Crippen molar-refractivity contribution in [2.24, 2.45) is 0 Å².